The van der Waals surface area contributed by atoms with Gasteiger partial charge < -0.3 is 19.7 Å². The molecule has 5 heteroatoms. The molecule has 1 aliphatic heterocycles. The van der Waals surface area contributed by atoms with E-state index in [4.69, 9.17) is 4.42 Å². The molecule has 3 rings (SSSR count). The molecule has 2 aromatic rings. The van der Waals surface area contributed by atoms with Crippen LogP contribution in [0.1, 0.15) is 24.2 Å². The van der Waals surface area contributed by atoms with E-state index >= 15 is 0 Å². The first kappa shape index (κ1) is 18.0. The van der Waals surface area contributed by atoms with Gasteiger partial charge in [-0.15, -0.1) is 0 Å². The van der Waals surface area contributed by atoms with Crippen LogP contribution in [0.5, 0.6) is 0 Å². The van der Waals surface area contributed by atoms with Gasteiger partial charge in [0.15, 0.2) is 0 Å². The Labute approximate surface area is 148 Å². The van der Waals surface area contributed by atoms with Crippen LogP contribution in [0.3, 0.4) is 0 Å². The van der Waals surface area contributed by atoms with E-state index in [0.29, 0.717) is 6.04 Å². The molecule has 0 amide bonds. The van der Waals surface area contributed by atoms with Crippen molar-refractivity contribution in [1.82, 2.24) is 5.32 Å². The Morgan fingerprint density at radius 2 is 2.12 bits per heavy atom. The number of anilines is 1. The number of aliphatic hydroxyl groups is 1. The molecule has 0 radical (unpaired) electrons. The molecule has 136 valence electrons. The van der Waals surface area contributed by atoms with Crippen LogP contribution >= 0.6 is 0 Å². The molecule has 0 spiro atoms. The highest BCUT2D eigenvalue weighted by molar-refractivity contribution is 5.53. The molecule has 1 aliphatic rings. The van der Waals surface area contributed by atoms with Gasteiger partial charge in [-0.2, -0.15) is 0 Å². The van der Waals surface area contributed by atoms with Crippen molar-refractivity contribution in [3.63, 3.8) is 0 Å². The summed E-state index contributed by atoms with van der Waals surface area (Å²) in [7, 11) is 0. The van der Waals surface area contributed by atoms with Crippen LogP contribution < -0.4 is 10.2 Å². The fourth-order valence-corrected chi connectivity index (χ4v) is 3.55. The molecule has 1 unspecified atom stereocenters. The highest BCUT2D eigenvalue weighted by Gasteiger charge is 2.21. The third kappa shape index (κ3) is 4.83. The summed E-state index contributed by atoms with van der Waals surface area (Å²) in [6.07, 6.45) is 4.53. The average Bonchev–Trinajstić information content (AvgIpc) is 3.12. The largest absolute Gasteiger partial charge is 0.469 e. The van der Waals surface area contributed by atoms with Crippen LogP contribution in [0.4, 0.5) is 10.1 Å². The zero-order valence-corrected chi connectivity index (χ0v) is 14.7. The molecule has 1 aromatic carbocycles. The zero-order valence-electron chi connectivity index (χ0n) is 14.7. The van der Waals surface area contributed by atoms with E-state index in [1.54, 1.807) is 12.3 Å². The number of hydrogen-bond acceptors (Lipinski definition) is 4. The normalized spacial score (nSPS) is 17.0. The smallest absolute Gasteiger partial charge is 0.123 e. The Hall–Kier alpha value is -1.85. The van der Waals surface area contributed by atoms with Gasteiger partial charge in [0.05, 0.1) is 6.26 Å². The Bertz CT molecular complexity index is 652. The van der Waals surface area contributed by atoms with Crippen LogP contribution in [0, 0.1) is 18.7 Å². The van der Waals surface area contributed by atoms with Crippen LogP contribution in [-0.4, -0.2) is 37.4 Å². The van der Waals surface area contributed by atoms with E-state index < -0.39 is 0 Å². The van der Waals surface area contributed by atoms with Crippen molar-refractivity contribution in [3.05, 3.63) is 53.7 Å². The average molecular weight is 346 g/mol. The molecule has 25 heavy (non-hydrogen) atoms. The second kappa shape index (κ2) is 8.50. The first-order chi connectivity index (χ1) is 12.2. The Kier molecular flexibility index (Phi) is 6.10. The van der Waals surface area contributed by atoms with Gasteiger partial charge in [-0.05, 0) is 55.7 Å². The van der Waals surface area contributed by atoms with Crippen molar-refractivity contribution >= 4 is 5.69 Å². The number of aryl methyl sites for hydroxylation is 1. The fraction of sp³-hybridized carbons (Fsp3) is 0.500. The van der Waals surface area contributed by atoms with Crippen molar-refractivity contribution < 1.29 is 13.9 Å². The van der Waals surface area contributed by atoms with Crippen molar-refractivity contribution in [2.45, 2.75) is 32.2 Å². The molecule has 0 bridgehead atoms. The zero-order chi connectivity index (χ0) is 17.6. The van der Waals surface area contributed by atoms with Crippen molar-refractivity contribution in [2.75, 3.05) is 31.1 Å². The predicted octanol–water partition coefficient (Wildman–Crippen LogP) is 3.14. The summed E-state index contributed by atoms with van der Waals surface area (Å²) in [5, 5.41) is 13.2. The van der Waals surface area contributed by atoms with Crippen LogP contribution in [-0.2, 0) is 6.42 Å². The van der Waals surface area contributed by atoms with Crippen LogP contribution in [0.25, 0.3) is 0 Å². The van der Waals surface area contributed by atoms with Gasteiger partial charge >= 0.3 is 0 Å². The summed E-state index contributed by atoms with van der Waals surface area (Å²) in [4.78, 5) is 2.33. The Morgan fingerprint density at radius 1 is 1.32 bits per heavy atom. The summed E-state index contributed by atoms with van der Waals surface area (Å²) in [5.41, 5.74) is 2.12. The summed E-state index contributed by atoms with van der Waals surface area (Å²) in [6, 6.07) is 9.30. The number of furan rings is 1. The number of hydrogen-bond donors (Lipinski definition) is 2. The first-order valence-corrected chi connectivity index (χ1v) is 9.03. The topological polar surface area (TPSA) is 48.6 Å². The van der Waals surface area contributed by atoms with Gasteiger partial charge in [-0.1, -0.05) is 0 Å². The fourth-order valence-electron chi connectivity index (χ4n) is 3.55. The van der Waals surface area contributed by atoms with E-state index in [1.165, 1.54) is 6.07 Å². The summed E-state index contributed by atoms with van der Waals surface area (Å²) >= 11 is 0. The second-order valence-electron chi connectivity index (χ2n) is 6.93. The van der Waals surface area contributed by atoms with Crippen molar-refractivity contribution in [3.8, 4) is 0 Å². The van der Waals surface area contributed by atoms with Crippen molar-refractivity contribution in [2.24, 2.45) is 5.92 Å². The molecule has 0 aliphatic carbocycles. The lowest BCUT2D eigenvalue weighted by Crippen LogP contribution is -2.44. The molecule has 0 saturated carbocycles. The lowest BCUT2D eigenvalue weighted by atomic mass is 10.0. The van der Waals surface area contributed by atoms with Crippen molar-refractivity contribution in [1.29, 1.82) is 0 Å². The molecular formula is C20H27FN2O2. The van der Waals surface area contributed by atoms with E-state index in [1.807, 2.05) is 25.1 Å². The SMILES string of the molecule is Cc1cc(F)ccc1N1CCC(NCC(CO)Cc2ccco2)CC1. The molecule has 4 nitrogen and oxygen atoms in total. The number of aliphatic hydroxyl groups excluding tert-OH is 1. The van der Waals surface area contributed by atoms with Gasteiger partial charge in [0.1, 0.15) is 11.6 Å². The number of rotatable bonds is 7. The molecule has 2 heterocycles. The van der Waals surface area contributed by atoms with Gasteiger partial charge in [0, 0.05) is 50.3 Å². The summed E-state index contributed by atoms with van der Waals surface area (Å²) < 4.78 is 18.6. The van der Waals surface area contributed by atoms with Crippen LogP contribution in [0.2, 0.25) is 0 Å². The van der Waals surface area contributed by atoms with Gasteiger partial charge in [0.2, 0.25) is 0 Å². The standard InChI is InChI=1S/C20H27FN2O2/c1-15-11-17(21)4-5-20(15)23-8-6-18(7-9-23)22-13-16(14-24)12-19-3-2-10-25-19/h2-5,10-11,16,18,22,24H,6-9,12-14H2,1H3. The maximum atomic E-state index is 13.3. The van der Waals surface area contributed by atoms with E-state index in [9.17, 15) is 9.50 Å². The minimum atomic E-state index is -0.176. The monoisotopic (exact) mass is 346 g/mol. The highest BCUT2D eigenvalue weighted by atomic mass is 19.1. The molecule has 2 N–H and O–H groups in total. The van der Waals surface area contributed by atoms with Crippen LogP contribution in [0.15, 0.2) is 41.0 Å². The summed E-state index contributed by atoms with van der Waals surface area (Å²) in [6.45, 7) is 4.83. The predicted molar refractivity (Wildman–Crippen MR) is 97.4 cm³/mol. The first-order valence-electron chi connectivity index (χ1n) is 9.03. The molecule has 1 fully saturated rings. The minimum Gasteiger partial charge on any atom is -0.469 e. The second-order valence-corrected chi connectivity index (χ2v) is 6.93. The van der Waals surface area contributed by atoms with Gasteiger partial charge in [-0.3, -0.25) is 0 Å². The third-order valence-corrected chi connectivity index (χ3v) is 5.02. The number of nitrogens with one attached hydrogen (secondary N) is 1. The lowest BCUT2D eigenvalue weighted by Gasteiger charge is -2.35. The van der Waals surface area contributed by atoms with Gasteiger partial charge in [0.25, 0.3) is 0 Å². The number of nitrogens with zero attached hydrogens (tertiary/aromatic N) is 1. The quantitative estimate of drug-likeness (QED) is 0.809. The maximum Gasteiger partial charge on any atom is 0.123 e. The molecule has 1 aromatic heterocycles. The summed E-state index contributed by atoms with van der Waals surface area (Å²) in [5.74, 6) is 0.912. The van der Waals surface area contributed by atoms with E-state index in [-0.39, 0.29) is 18.3 Å². The molecule has 1 saturated heterocycles. The van der Waals surface area contributed by atoms with Gasteiger partial charge in [-0.25, -0.2) is 4.39 Å². The van der Waals surface area contributed by atoms with E-state index in [0.717, 1.165) is 55.9 Å². The highest BCUT2D eigenvalue weighted by Crippen LogP contribution is 2.24. The number of halogens is 1. The minimum absolute atomic E-state index is 0.154. The molecule has 1 atom stereocenters. The third-order valence-electron chi connectivity index (χ3n) is 5.02. The Morgan fingerprint density at radius 3 is 2.76 bits per heavy atom. The molecular weight excluding hydrogens is 319 g/mol. The number of piperidine rings is 1. The lowest BCUT2D eigenvalue weighted by molar-refractivity contribution is 0.209. The van der Waals surface area contributed by atoms with E-state index in [2.05, 4.69) is 10.2 Å². The number of benzene rings is 1. The Balaban J connectivity index is 1.45. The maximum absolute atomic E-state index is 13.3.